The van der Waals surface area contributed by atoms with E-state index in [1.807, 2.05) is 7.05 Å². The van der Waals surface area contributed by atoms with Crippen LogP contribution in [0.3, 0.4) is 0 Å². The summed E-state index contributed by atoms with van der Waals surface area (Å²) in [5, 5.41) is 13.1. The van der Waals surface area contributed by atoms with Crippen LogP contribution in [0.5, 0.6) is 0 Å². The number of H-pyrrole nitrogens is 1. The maximum atomic E-state index is 10.9. The number of imidazole rings is 1. The highest BCUT2D eigenvalue weighted by atomic mass is 79.9. The minimum absolute atomic E-state index is 0.228. The van der Waals surface area contributed by atoms with Crippen molar-refractivity contribution < 1.29 is 9.90 Å². The molecule has 2 aromatic heterocycles. The molecule has 0 aliphatic carbocycles. The van der Waals surface area contributed by atoms with Crippen molar-refractivity contribution in [2.45, 2.75) is 0 Å². The fourth-order valence-corrected chi connectivity index (χ4v) is 2.47. The molecule has 2 N–H and O–H groups in total. The molecule has 3 aromatic rings. The van der Waals surface area contributed by atoms with Crippen LogP contribution >= 0.6 is 15.9 Å². The van der Waals surface area contributed by atoms with Gasteiger partial charge in [-0.2, -0.15) is 5.10 Å². The average Bonchev–Trinajstić information content (AvgIpc) is 2.91. The van der Waals surface area contributed by atoms with Crippen LogP contribution in [-0.4, -0.2) is 30.8 Å². The van der Waals surface area contributed by atoms with Crippen LogP contribution in [0.1, 0.15) is 10.4 Å². The Morgan fingerprint density at radius 3 is 2.89 bits per heavy atom. The Morgan fingerprint density at radius 2 is 2.26 bits per heavy atom. The molecule has 0 bridgehead atoms. The van der Waals surface area contributed by atoms with Crippen LogP contribution in [0, 0.1) is 0 Å². The zero-order valence-corrected chi connectivity index (χ0v) is 11.5. The highest BCUT2D eigenvalue weighted by Crippen LogP contribution is 2.27. The van der Waals surface area contributed by atoms with Crippen LogP contribution in [0.2, 0.25) is 0 Å². The zero-order valence-electron chi connectivity index (χ0n) is 9.88. The van der Waals surface area contributed by atoms with E-state index in [0.717, 1.165) is 10.2 Å². The lowest BCUT2D eigenvalue weighted by Gasteiger charge is -1.97. The maximum Gasteiger partial charge on any atom is 0.335 e. The second-order valence-corrected chi connectivity index (χ2v) is 4.94. The first kappa shape index (κ1) is 11.9. The number of carboxylic acids is 1. The van der Waals surface area contributed by atoms with Crippen LogP contribution < -0.4 is 0 Å². The molecule has 0 aliphatic heterocycles. The summed E-state index contributed by atoms with van der Waals surface area (Å²) in [6, 6.07) is 4.79. The van der Waals surface area contributed by atoms with Crippen LogP contribution in [0.4, 0.5) is 0 Å². The maximum absolute atomic E-state index is 10.9. The number of benzene rings is 1. The Bertz CT molecular complexity index is 771. The van der Waals surface area contributed by atoms with Gasteiger partial charge in [0, 0.05) is 7.05 Å². The van der Waals surface area contributed by atoms with E-state index >= 15 is 0 Å². The smallest absolute Gasteiger partial charge is 0.335 e. The molecule has 1 aromatic carbocycles. The number of hydrogen-bond acceptors (Lipinski definition) is 3. The number of hydrogen-bond donors (Lipinski definition) is 2. The van der Waals surface area contributed by atoms with Gasteiger partial charge >= 0.3 is 5.97 Å². The molecular weight excluding hydrogens is 312 g/mol. The lowest BCUT2D eigenvalue weighted by molar-refractivity contribution is 0.0697. The number of aromatic carboxylic acids is 1. The fourth-order valence-electron chi connectivity index (χ4n) is 1.93. The lowest BCUT2D eigenvalue weighted by Crippen LogP contribution is -1.95. The predicted molar refractivity (Wildman–Crippen MR) is 73.0 cm³/mol. The van der Waals surface area contributed by atoms with Crippen LogP contribution in [-0.2, 0) is 7.05 Å². The first-order chi connectivity index (χ1) is 9.06. The van der Waals surface area contributed by atoms with E-state index in [1.54, 1.807) is 23.0 Å². The van der Waals surface area contributed by atoms with Crippen LogP contribution in [0.15, 0.2) is 28.9 Å². The van der Waals surface area contributed by atoms with Crippen LogP contribution in [0.25, 0.3) is 22.6 Å². The Labute approximate surface area is 116 Å². The number of nitrogens with one attached hydrogen (secondary N) is 1. The first-order valence-electron chi connectivity index (χ1n) is 5.47. The van der Waals surface area contributed by atoms with Gasteiger partial charge in [-0.15, -0.1) is 0 Å². The largest absolute Gasteiger partial charge is 0.478 e. The summed E-state index contributed by atoms with van der Waals surface area (Å²) >= 11 is 3.41. The van der Waals surface area contributed by atoms with Gasteiger partial charge < -0.3 is 10.1 Å². The second-order valence-electron chi connectivity index (χ2n) is 4.09. The Balaban J connectivity index is 2.19. The quantitative estimate of drug-likeness (QED) is 0.759. The summed E-state index contributed by atoms with van der Waals surface area (Å²) in [5.41, 5.74) is 2.44. The average molecular weight is 321 g/mol. The second kappa shape index (κ2) is 4.20. The fraction of sp³-hybridized carbons (Fsp3) is 0.0833. The number of aromatic amines is 1. The van der Waals surface area contributed by atoms with Gasteiger partial charge in [0.25, 0.3) is 0 Å². The van der Waals surface area contributed by atoms with E-state index in [9.17, 15) is 4.79 Å². The van der Waals surface area contributed by atoms with Gasteiger partial charge in [-0.1, -0.05) is 0 Å². The van der Waals surface area contributed by atoms with Crippen molar-refractivity contribution in [2.24, 2.45) is 7.05 Å². The van der Waals surface area contributed by atoms with Gasteiger partial charge in [-0.3, -0.25) is 4.68 Å². The number of carboxylic acid groups (broad SMARTS) is 1. The number of rotatable bonds is 2. The van der Waals surface area contributed by atoms with Gasteiger partial charge in [0.2, 0.25) is 0 Å². The summed E-state index contributed by atoms with van der Waals surface area (Å²) in [4.78, 5) is 18.5. The summed E-state index contributed by atoms with van der Waals surface area (Å²) in [6.07, 6.45) is 1.69. The third kappa shape index (κ3) is 1.91. The molecule has 6 nitrogen and oxygen atoms in total. The molecule has 7 heteroatoms. The zero-order chi connectivity index (χ0) is 13.6. The molecule has 96 valence electrons. The van der Waals surface area contributed by atoms with E-state index in [1.165, 1.54) is 6.07 Å². The number of carbonyl (C=O) groups is 1. The van der Waals surface area contributed by atoms with E-state index in [4.69, 9.17) is 5.11 Å². The normalized spacial score (nSPS) is 11.1. The summed E-state index contributed by atoms with van der Waals surface area (Å²) in [7, 11) is 1.82. The molecule has 0 radical (unpaired) electrons. The molecule has 0 amide bonds. The first-order valence-corrected chi connectivity index (χ1v) is 6.26. The summed E-state index contributed by atoms with van der Waals surface area (Å²) < 4.78 is 2.52. The van der Waals surface area contributed by atoms with Gasteiger partial charge in [0.15, 0.2) is 5.82 Å². The molecule has 0 spiro atoms. The molecule has 0 saturated carbocycles. The van der Waals surface area contributed by atoms with Gasteiger partial charge in [0.1, 0.15) is 5.69 Å². The summed E-state index contributed by atoms with van der Waals surface area (Å²) in [5.74, 6) is -0.316. The molecule has 0 aliphatic rings. The van der Waals surface area contributed by atoms with Crippen molar-refractivity contribution in [1.29, 1.82) is 0 Å². The molecule has 0 unspecified atom stereocenters. The highest BCUT2D eigenvalue weighted by molar-refractivity contribution is 9.10. The lowest BCUT2D eigenvalue weighted by atomic mass is 10.2. The van der Waals surface area contributed by atoms with Gasteiger partial charge in [0.05, 0.1) is 27.3 Å². The van der Waals surface area contributed by atoms with Crippen molar-refractivity contribution >= 4 is 32.9 Å². The number of aryl methyl sites for hydroxylation is 1. The van der Waals surface area contributed by atoms with E-state index in [0.29, 0.717) is 16.9 Å². The predicted octanol–water partition coefficient (Wildman–Crippen LogP) is 2.42. The topological polar surface area (TPSA) is 83.8 Å². The van der Waals surface area contributed by atoms with Crippen molar-refractivity contribution in [3.8, 4) is 11.5 Å². The van der Waals surface area contributed by atoms with Crippen molar-refractivity contribution in [1.82, 2.24) is 19.7 Å². The standard InChI is InChI=1S/C12H9BrN4O2/c1-17-10(7(13)5-14-17)11-15-8-3-2-6(12(18)19)4-9(8)16-11/h2-5H,1H3,(H,15,16)(H,18,19). The molecule has 0 atom stereocenters. The minimum Gasteiger partial charge on any atom is -0.478 e. The number of nitrogens with zero attached hydrogens (tertiary/aromatic N) is 3. The number of fused-ring (bicyclic) bond motifs is 1. The minimum atomic E-state index is -0.959. The Morgan fingerprint density at radius 1 is 1.47 bits per heavy atom. The Kier molecular flexibility index (Phi) is 2.63. The third-order valence-electron chi connectivity index (χ3n) is 2.85. The van der Waals surface area contributed by atoms with E-state index in [-0.39, 0.29) is 5.56 Å². The molecule has 19 heavy (non-hydrogen) atoms. The Hall–Kier alpha value is -2.15. The number of halogens is 1. The van der Waals surface area contributed by atoms with Crippen molar-refractivity contribution in [3.05, 3.63) is 34.4 Å². The van der Waals surface area contributed by atoms with Crippen molar-refractivity contribution in [3.63, 3.8) is 0 Å². The van der Waals surface area contributed by atoms with E-state index in [2.05, 4.69) is 31.0 Å². The summed E-state index contributed by atoms with van der Waals surface area (Å²) in [6.45, 7) is 0. The van der Waals surface area contributed by atoms with Gasteiger partial charge in [-0.25, -0.2) is 9.78 Å². The molecule has 2 heterocycles. The number of aromatic nitrogens is 4. The SMILES string of the molecule is Cn1ncc(Br)c1-c1nc2ccc(C(=O)O)cc2[nH]1. The molecule has 3 rings (SSSR count). The third-order valence-corrected chi connectivity index (χ3v) is 3.43. The highest BCUT2D eigenvalue weighted by Gasteiger charge is 2.14. The molecule has 0 fully saturated rings. The monoisotopic (exact) mass is 320 g/mol. The molecule has 0 saturated heterocycles. The van der Waals surface area contributed by atoms with E-state index < -0.39 is 5.97 Å². The molecular formula is C12H9BrN4O2. The van der Waals surface area contributed by atoms with Crippen molar-refractivity contribution in [2.75, 3.05) is 0 Å². The van der Waals surface area contributed by atoms with Gasteiger partial charge in [-0.05, 0) is 34.1 Å².